The predicted octanol–water partition coefficient (Wildman–Crippen LogP) is 16.7. The van der Waals surface area contributed by atoms with Crippen molar-refractivity contribution in [1.82, 2.24) is 0 Å². The van der Waals surface area contributed by atoms with Gasteiger partial charge in [-0.2, -0.15) is 0 Å². The lowest BCUT2D eigenvalue weighted by Gasteiger charge is -2.27. The monoisotopic (exact) mass is 769 g/mol. The molecule has 0 atom stereocenters. The molecule has 0 radical (unpaired) electrons. The van der Waals surface area contributed by atoms with Gasteiger partial charge in [0.2, 0.25) is 0 Å². The first-order chi connectivity index (χ1) is 29.3. The smallest absolute Gasteiger partial charge is 0.145 e. The maximum atomic E-state index is 6.78. The Balaban J connectivity index is 1.07. The zero-order chi connectivity index (χ0) is 38.9. The van der Waals surface area contributed by atoms with Gasteiger partial charge in [-0.15, -0.1) is 11.3 Å². The summed E-state index contributed by atoms with van der Waals surface area (Å²) < 4.78 is 9.41. The summed E-state index contributed by atoms with van der Waals surface area (Å²) in [6.07, 6.45) is 0. The summed E-state index contributed by atoms with van der Waals surface area (Å²) >= 11 is 1.89. The minimum atomic E-state index is 0.874. The Morgan fingerprint density at radius 3 is 1.61 bits per heavy atom. The molecule has 12 rings (SSSR count). The molecule has 12 aromatic rings. The lowest BCUT2D eigenvalue weighted by Crippen LogP contribution is -2.10. The van der Waals surface area contributed by atoms with Gasteiger partial charge in [0.25, 0.3) is 0 Å². The van der Waals surface area contributed by atoms with Crippen LogP contribution in [-0.4, -0.2) is 0 Å². The largest absolute Gasteiger partial charge is 0.455 e. The third kappa shape index (κ3) is 5.47. The first kappa shape index (κ1) is 33.7. The molecule has 0 N–H and O–H groups in total. The van der Waals surface area contributed by atoms with Crippen LogP contribution < -0.4 is 4.90 Å². The van der Waals surface area contributed by atoms with Gasteiger partial charge >= 0.3 is 0 Å². The zero-order valence-electron chi connectivity index (χ0n) is 32.0. The van der Waals surface area contributed by atoms with E-state index in [4.69, 9.17) is 4.42 Å². The average Bonchev–Trinajstić information content (AvgIpc) is 3.90. The van der Waals surface area contributed by atoms with E-state index < -0.39 is 0 Å². The Labute approximate surface area is 345 Å². The van der Waals surface area contributed by atoms with Gasteiger partial charge in [0.05, 0.1) is 11.1 Å². The van der Waals surface area contributed by atoms with E-state index in [0.717, 1.165) is 50.1 Å². The number of anilines is 3. The highest BCUT2D eigenvalue weighted by molar-refractivity contribution is 7.26. The Kier molecular flexibility index (Phi) is 7.75. The van der Waals surface area contributed by atoms with Crippen molar-refractivity contribution < 1.29 is 4.42 Å². The standard InChI is InChI=1S/C56H35NOS/c1-3-13-36(14-4-1)44-33-34-51(53-49-19-9-10-24-52(49)58-54(44)53)57(42-32-29-40-26-25-38-17-7-8-18-43(38)50(40)35-42)41-30-27-39(28-31-41)46-21-12-23-48-47-22-11-20-45(55(47)59-56(46)48)37-15-5-2-6-16-37/h1-35H. The van der Waals surface area contributed by atoms with E-state index in [1.165, 1.54) is 64.0 Å². The molecule has 0 spiro atoms. The second kappa shape index (κ2) is 13.6. The van der Waals surface area contributed by atoms with Gasteiger partial charge in [0.1, 0.15) is 11.2 Å². The SMILES string of the molecule is c1ccc(-c2ccc(N(c3ccc(-c4cccc5c4sc4c(-c6ccccc6)cccc45)cc3)c3ccc4ccc5ccccc5c4c3)c3c2oc2ccccc23)cc1. The quantitative estimate of drug-likeness (QED) is 0.157. The third-order valence-corrected chi connectivity index (χ3v) is 13.2. The maximum absolute atomic E-state index is 6.78. The summed E-state index contributed by atoms with van der Waals surface area (Å²) in [6.45, 7) is 0. The van der Waals surface area contributed by atoms with E-state index in [-0.39, 0.29) is 0 Å². The van der Waals surface area contributed by atoms with Crippen molar-refractivity contribution in [2.45, 2.75) is 0 Å². The molecule has 59 heavy (non-hydrogen) atoms. The molecule has 0 aliphatic carbocycles. The number of fused-ring (bicyclic) bond motifs is 9. The molecular weight excluding hydrogens is 735 g/mol. The summed E-state index contributed by atoms with van der Waals surface area (Å²) in [7, 11) is 0. The van der Waals surface area contributed by atoms with Crippen LogP contribution in [0.25, 0.3) is 97.0 Å². The van der Waals surface area contributed by atoms with Crippen LogP contribution in [0.4, 0.5) is 17.1 Å². The summed E-state index contributed by atoms with van der Waals surface area (Å²) in [5.74, 6) is 0. The Morgan fingerprint density at radius 1 is 0.356 bits per heavy atom. The van der Waals surface area contributed by atoms with Crippen molar-refractivity contribution >= 4 is 92.1 Å². The molecular formula is C56H35NOS. The summed E-state index contributed by atoms with van der Waals surface area (Å²) in [6, 6.07) is 76.8. The van der Waals surface area contributed by atoms with E-state index in [0.29, 0.717) is 0 Å². The van der Waals surface area contributed by atoms with Gasteiger partial charge in [-0.05, 0) is 91.8 Å². The molecule has 2 aromatic heterocycles. The van der Waals surface area contributed by atoms with Crippen molar-refractivity contribution in [2.75, 3.05) is 4.90 Å². The number of hydrogen-bond acceptors (Lipinski definition) is 3. The predicted molar refractivity (Wildman–Crippen MR) is 253 cm³/mol. The van der Waals surface area contributed by atoms with Crippen LogP contribution in [0, 0.1) is 0 Å². The third-order valence-electron chi connectivity index (χ3n) is 11.9. The van der Waals surface area contributed by atoms with Crippen molar-refractivity contribution in [3.63, 3.8) is 0 Å². The van der Waals surface area contributed by atoms with E-state index in [9.17, 15) is 0 Å². The van der Waals surface area contributed by atoms with Crippen LogP contribution in [0.2, 0.25) is 0 Å². The lowest BCUT2D eigenvalue weighted by molar-refractivity contribution is 0.670. The molecule has 0 amide bonds. The van der Waals surface area contributed by atoms with Crippen LogP contribution in [0.5, 0.6) is 0 Å². The lowest BCUT2D eigenvalue weighted by atomic mass is 9.98. The van der Waals surface area contributed by atoms with E-state index >= 15 is 0 Å². The van der Waals surface area contributed by atoms with Crippen molar-refractivity contribution in [3.8, 4) is 33.4 Å². The van der Waals surface area contributed by atoms with Crippen LogP contribution >= 0.6 is 11.3 Å². The topological polar surface area (TPSA) is 16.4 Å². The minimum Gasteiger partial charge on any atom is -0.455 e. The molecule has 2 heterocycles. The van der Waals surface area contributed by atoms with E-state index in [2.05, 4.69) is 217 Å². The highest BCUT2D eigenvalue weighted by Gasteiger charge is 2.23. The molecule has 0 bridgehead atoms. The molecule has 0 saturated heterocycles. The number of nitrogens with zero attached hydrogens (tertiary/aromatic N) is 1. The Bertz CT molecular complexity index is 3550. The zero-order valence-corrected chi connectivity index (χ0v) is 32.8. The van der Waals surface area contributed by atoms with Crippen LogP contribution in [-0.2, 0) is 0 Å². The summed E-state index contributed by atoms with van der Waals surface area (Å²) in [4.78, 5) is 2.41. The fraction of sp³-hybridized carbons (Fsp3) is 0. The van der Waals surface area contributed by atoms with Gasteiger partial charge in [-0.25, -0.2) is 0 Å². The van der Waals surface area contributed by atoms with Crippen molar-refractivity contribution in [2.24, 2.45) is 0 Å². The number of rotatable bonds is 6. The second-order valence-electron chi connectivity index (χ2n) is 15.2. The van der Waals surface area contributed by atoms with E-state index in [1.807, 2.05) is 11.3 Å². The first-order valence-electron chi connectivity index (χ1n) is 20.1. The van der Waals surface area contributed by atoms with Gasteiger partial charge in [0.15, 0.2) is 0 Å². The van der Waals surface area contributed by atoms with Gasteiger partial charge in [-0.1, -0.05) is 170 Å². The minimum absolute atomic E-state index is 0.874. The van der Waals surface area contributed by atoms with Crippen molar-refractivity contribution in [3.05, 3.63) is 212 Å². The van der Waals surface area contributed by atoms with Gasteiger partial charge in [0, 0.05) is 42.5 Å². The Morgan fingerprint density at radius 2 is 0.898 bits per heavy atom. The molecule has 0 aliphatic heterocycles. The first-order valence-corrected chi connectivity index (χ1v) is 20.9. The van der Waals surface area contributed by atoms with Crippen LogP contribution in [0.3, 0.4) is 0 Å². The summed E-state index contributed by atoms with van der Waals surface area (Å²) in [5, 5.41) is 9.69. The maximum Gasteiger partial charge on any atom is 0.145 e. The Hall–Kier alpha value is -7.46. The molecule has 0 saturated carbocycles. The van der Waals surface area contributed by atoms with Crippen LogP contribution in [0.15, 0.2) is 217 Å². The fourth-order valence-corrected chi connectivity index (χ4v) is 10.5. The molecule has 2 nitrogen and oxygen atoms in total. The molecule has 276 valence electrons. The van der Waals surface area contributed by atoms with Gasteiger partial charge < -0.3 is 9.32 Å². The molecule has 10 aromatic carbocycles. The van der Waals surface area contributed by atoms with E-state index in [1.54, 1.807) is 0 Å². The van der Waals surface area contributed by atoms with Gasteiger partial charge in [-0.3, -0.25) is 0 Å². The number of thiophene rings is 1. The average molecular weight is 770 g/mol. The highest BCUT2D eigenvalue weighted by atomic mass is 32.1. The normalized spacial score (nSPS) is 11.7. The summed E-state index contributed by atoms with van der Waals surface area (Å²) in [5.41, 5.74) is 12.1. The number of para-hydroxylation sites is 1. The molecule has 0 aliphatic rings. The molecule has 3 heteroatoms. The van der Waals surface area contributed by atoms with Crippen LogP contribution in [0.1, 0.15) is 0 Å². The number of furan rings is 1. The fourth-order valence-electron chi connectivity index (χ4n) is 9.08. The number of benzene rings is 10. The molecule has 0 fully saturated rings. The number of hydrogen-bond donors (Lipinski definition) is 0. The van der Waals surface area contributed by atoms with Crippen molar-refractivity contribution in [1.29, 1.82) is 0 Å². The highest BCUT2D eigenvalue weighted by Crippen LogP contribution is 2.48. The second-order valence-corrected chi connectivity index (χ2v) is 16.2. The molecule has 0 unspecified atom stereocenters.